The third-order valence-corrected chi connectivity index (χ3v) is 4.21. The molecular weight excluding hydrogens is 216 g/mol. The van der Waals surface area contributed by atoms with E-state index >= 15 is 0 Å². The zero-order chi connectivity index (χ0) is 12.3. The zero-order valence-corrected chi connectivity index (χ0v) is 10.9. The Morgan fingerprint density at radius 1 is 1.24 bits per heavy atom. The van der Waals surface area contributed by atoms with Gasteiger partial charge in [0, 0.05) is 25.7 Å². The summed E-state index contributed by atoms with van der Waals surface area (Å²) in [6, 6.07) is 1.05. The monoisotopic (exact) mass is 240 g/mol. The van der Waals surface area contributed by atoms with Crippen LogP contribution in [-0.4, -0.2) is 49.7 Å². The predicted octanol–water partition coefficient (Wildman–Crippen LogP) is 1.15. The molecule has 2 rings (SSSR count). The number of likely N-dealkylation sites (N-methyl/N-ethyl adjacent to an activating group) is 1. The first-order valence-corrected chi connectivity index (χ1v) is 6.78. The second-order valence-electron chi connectivity index (χ2n) is 5.24. The summed E-state index contributed by atoms with van der Waals surface area (Å²) in [7, 11) is 3.96. The van der Waals surface area contributed by atoms with Gasteiger partial charge < -0.3 is 15.0 Å². The van der Waals surface area contributed by atoms with Gasteiger partial charge in [-0.1, -0.05) is 0 Å². The van der Waals surface area contributed by atoms with Crippen LogP contribution in [0.25, 0.3) is 0 Å². The van der Waals surface area contributed by atoms with E-state index in [9.17, 15) is 4.79 Å². The molecule has 1 N–H and O–H groups in total. The molecule has 0 spiro atoms. The van der Waals surface area contributed by atoms with E-state index in [2.05, 4.69) is 5.32 Å². The number of rotatable bonds is 3. The Morgan fingerprint density at radius 2 is 1.94 bits per heavy atom. The Bertz CT molecular complexity index is 256. The van der Waals surface area contributed by atoms with Crippen molar-refractivity contribution in [2.45, 2.75) is 56.7 Å². The Balaban J connectivity index is 1.83. The van der Waals surface area contributed by atoms with Crippen LogP contribution in [0.5, 0.6) is 0 Å². The van der Waals surface area contributed by atoms with Crippen LogP contribution in [0.1, 0.15) is 38.5 Å². The van der Waals surface area contributed by atoms with Crippen molar-refractivity contribution in [3.63, 3.8) is 0 Å². The lowest BCUT2D eigenvalue weighted by atomic mass is 9.90. The van der Waals surface area contributed by atoms with E-state index in [1.54, 1.807) is 0 Å². The summed E-state index contributed by atoms with van der Waals surface area (Å²) in [5, 5.41) is 3.32. The van der Waals surface area contributed by atoms with E-state index in [0.29, 0.717) is 12.1 Å². The lowest BCUT2D eigenvalue weighted by molar-refractivity contribution is -0.142. The molecule has 2 aliphatic rings. The van der Waals surface area contributed by atoms with Crippen LogP contribution in [0.15, 0.2) is 0 Å². The van der Waals surface area contributed by atoms with Gasteiger partial charge >= 0.3 is 0 Å². The standard InChI is InChI=1S/C13H24N2O2/c1-14-10-5-7-11(8-6-10)15(2)13(16)12-4-3-9-17-12/h10-12,14H,3-9H2,1-2H3/t10?,11?,12-/m1/s1. The van der Waals surface area contributed by atoms with Crippen LogP contribution in [0.3, 0.4) is 0 Å². The van der Waals surface area contributed by atoms with Gasteiger partial charge in [-0.25, -0.2) is 0 Å². The molecule has 1 atom stereocenters. The molecule has 0 radical (unpaired) electrons. The van der Waals surface area contributed by atoms with Crippen molar-refractivity contribution in [3.8, 4) is 0 Å². The minimum absolute atomic E-state index is 0.165. The molecule has 4 nitrogen and oxygen atoms in total. The number of carbonyl (C=O) groups excluding carboxylic acids is 1. The molecule has 1 heterocycles. The molecule has 2 fully saturated rings. The molecule has 17 heavy (non-hydrogen) atoms. The van der Waals surface area contributed by atoms with E-state index in [0.717, 1.165) is 32.3 Å². The van der Waals surface area contributed by atoms with Crippen LogP contribution in [0, 0.1) is 0 Å². The van der Waals surface area contributed by atoms with Crippen molar-refractivity contribution < 1.29 is 9.53 Å². The van der Waals surface area contributed by atoms with Crippen molar-refractivity contribution in [2.75, 3.05) is 20.7 Å². The lowest BCUT2D eigenvalue weighted by Crippen LogP contribution is -2.46. The van der Waals surface area contributed by atoms with Crippen molar-refractivity contribution in [1.29, 1.82) is 0 Å². The SMILES string of the molecule is CNC1CCC(N(C)C(=O)[C@H]2CCCO2)CC1. The number of nitrogens with zero attached hydrogens (tertiary/aromatic N) is 1. The van der Waals surface area contributed by atoms with Gasteiger partial charge in [-0.05, 0) is 45.6 Å². The first kappa shape index (κ1) is 12.8. The zero-order valence-electron chi connectivity index (χ0n) is 10.9. The number of nitrogens with one attached hydrogen (secondary N) is 1. The van der Waals surface area contributed by atoms with Crippen LogP contribution in [0.4, 0.5) is 0 Å². The van der Waals surface area contributed by atoms with Gasteiger partial charge in [-0.15, -0.1) is 0 Å². The Hall–Kier alpha value is -0.610. The highest BCUT2D eigenvalue weighted by Gasteiger charge is 2.31. The third kappa shape index (κ3) is 2.99. The van der Waals surface area contributed by atoms with Gasteiger partial charge in [0.15, 0.2) is 0 Å². The molecule has 0 bridgehead atoms. The largest absolute Gasteiger partial charge is 0.368 e. The number of carbonyl (C=O) groups is 1. The van der Waals surface area contributed by atoms with E-state index in [1.165, 1.54) is 12.8 Å². The Morgan fingerprint density at radius 3 is 2.47 bits per heavy atom. The van der Waals surface area contributed by atoms with Crippen LogP contribution in [0.2, 0.25) is 0 Å². The summed E-state index contributed by atoms with van der Waals surface area (Å²) < 4.78 is 5.47. The molecule has 1 aliphatic carbocycles. The van der Waals surface area contributed by atoms with E-state index in [1.807, 2.05) is 19.0 Å². The summed E-state index contributed by atoms with van der Waals surface area (Å²) in [5.41, 5.74) is 0. The Labute approximate surface area is 104 Å². The van der Waals surface area contributed by atoms with Crippen LogP contribution < -0.4 is 5.32 Å². The fraction of sp³-hybridized carbons (Fsp3) is 0.923. The van der Waals surface area contributed by atoms with Gasteiger partial charge in [0.25, 0.3) is 5.91 Å². The summed E-state index contributed by atoms with van der Waals surface area (Å²) in [5.74, 6) is 0.190. The minimum atomic E-state index is -0.165. The molecule has 0 aromatic carbocycles. The molecule has 1 saturated carbocycles. The van der Waals surface area contributed by atoms with Crippen molar-refractivity contribution in [1.82, 2.24) is 10.2 Å². The topological polar surface area (TPSA) is 41.6 Å². The molecule has 4 heteroatoms. The molecule has 1 saturated heterocycles. The minimum Gasteiger partial charge on any atom is -0.368 e. The van der Waals surface area contributed by atoms with Gasteiger partial charge in [0.05, 0.1) is 0 Å². The molecular formula is C13H24N2O2. The lowest BCUT2D eigenvalue weighted by Gasteiger charge is -2.35. The normalized spacial score (nSPS) is 33.6. The quantitative estimate of drug-likeness (QED) is 0.804. The van der Waals surface area contributed by atoms with Crippen molar-refractivity contribution in [2.24, 2.45) is 0 Å². The highest BCUT2D eigenvalue weighted by atomic mass is 16.5. The fourth-order valence-corrected chi connectivity index (χ4v) is 2.93. The first-order chi connectivity index (χ1) is 8.22. The van der Waals surface area contributed by atoms with E-state index in [-0.39, 0.29) is 12.0 Å². The number of hydrogen-bond acceptors (Lipinski definition) is 3. The maximum Gasteiger partial charge on any atom is 0.251 e. The van der Waals surface area contributed by atoms with E-state index in [4.69, 9.17) is 4.74 Å². The van der Waals surface area contributed by atoms with Crippen LogP contribution in [-0.2, 0) is 9.53 Å². The molecule has 0 aromatic rings. The van der Waals surface area contributed by atoms with E-state index < -0.39 is 0 Å². The van der Waals surface area contributed by atoms with Crippen molar-refractivity contribution in [3.05, 3.63) is 0 Å². The number of hydrogen-bond donors (Lipinski definition) is 1. The van der Waals surface area contributed by atoms with Gasteiger partial charge in [-0.2, -0.15) is 0 Å². The molecule has 0 aromatic heterocycles. The molecule has 98 valence electrons. The smallest absolute Gasteiger partial charge is 0.251 e. The summed E-state index contributed by atoms with van der Waals surface area (Å²) >= 11 is 0. The van der Waals surface area contributed by atoms with Crippen molar-refractivity contribution >= 4 is 5.91 Å². The summed E-state index contributed by atoms with van der Waals surface area (Å²) in [4.78, 5) is 14.1. The fourth-order valence-electron chi connectivity index (χ4n) is 2.93. The van der Waals surface area contributed by atoms with Gasteiger partial charge in [-0.3, -0.25) is 4.79 Å². The van der Waals surface area contributed by atoms with Crippen LogP contribution >= 0.6 is 0 Å². The number of amides is 1. The van der Waals surface area contributed by atoms with Gasteiger partial charge in [0.1, 0.15) is 6.10 Å². The first-order valence-electron chi connectivity index (χ1n) is 6.78. The second kappa shape index (κ2) is 5.83. The third-order valence-electron chi connectivity index (χ3n) is 4.21. The summed E-state index contributed by atoms with van der Waals surface area (Å²) in [6.45, 7) is 0.747. The Kier molecular flexibility index (Phi) is 4.40. The average Bonchev–Trinajstić information content (AvgIpc) is 2.91. The second-order valence-corrected chi connectivity index (χ2v) is 5.24. The summed E-state index contributed by atoms with van der Waals surface area (Å²) in [6.07, 6.45) is 6.32. The highest BCUT2D eigenvalue weighted by Crippen LogP contribution is 2.24. The predicted molar refractivity (Wildman–Crippen MR) is 66.8 cm³/mol. The molecule has 0 unspecified atom stereocenters. The molecule has 1 amide bonds. The maximum atomic E-state index is 12.2. The van der Waals surface area contributed by atoms with Gasteiger partial charge in [0.2, 0.25) is 0 Å². The highest BCUT2D eigenvalue weighted by molar-refractivity contribution is 5.81. The maximum absolute atomic E-state index is 12.2. The average molecular weight is 240 g/mol. The molecule has 1 aliphatic heterocycles. The number of ether oxygens (including phenoxy) is 1.